The molecule has 1 aliphatic heterocycles. The lowest BCUT2D eigenvalue weighted by Crippen LogP contribution is -2.39. The van der Waals surface area contributed by atoms with Gasteiger partial charge in [-0.1, -0.05) is 0 Å². The van der Waals surface area contributed by atoms with E-state index in [1.165, 1.54) is 0 Å². The number of pyridine rings is 1. The minimum atomic E-state index is -0.114. The summed E-state index contributed by atoms with van der Waals surface area (Å²) >= 11 is 0. The van der Waals surface area contributed by atoms with E-state index in [2.05, 4.69) is 17.9 Å². The lowest BCUT2D eigenvalue weighted by atomic mass is 9.98. The summed E-state index contributed by atoms with van der Waals surface area (Å²) in [6.07, 6.45) is 1.81. The van der Waals surface area contributed by atoms with Crippen molar-refractivity contribution in [2.75, 3.05) is 38.8 Å². The first-order valence-corrected chi connectivity index (χ1v) is 9.02. The topological polar surface area (TPSA) is 60.9 Å². The molecule has 3 rings (SSSR count). The summed E-state index contributed by atoms with van der Waals surface area (Å²) in [6.45, 7) is 5.83. The smallest absolute Gasteiger partial charge is 0.310 e. The Hall–Kier alpha value is -2.50. The molecule has 0 radical (unpaired) electrons. The van der Waals surface area contributed by atoms with Gasteiger partial charge in [0.1, 0.15) is 22.8 Å². The van der Waals surface area contributed by atoms with Gasteiger partial charge in [-0.05, 0) is 44.4 Å². The third-order valence-corrected chi connectivity index (χ3v) is 4.87. The van der Waals surface area contributed by atoms with Gasteiger partial charge in [-0.15, -0.1) is 0 Å². The average molecular weight is 358 g/mol. The molecule has 6 heteroatoms. The first kappa shape index (κ1) is 18.3. The number of rotatable bonds is 5. The van der Waals surface area contributed by atoms with Crippen molar-refractivity contribution in [1.82, 2.24) is 4.98 Å². The van der Waals surface area contributed by atoms with Gasteiger partial charge in [0.15, 0.2) is 0 Å². The van der Waals surface area contributed by atoms with Crippen molar-refractivity contribution in [3.05, 3.63) is 23.8 Å². The maximum Gasteiger partial charge on any atom is 0.310 e. The van der Waals surface area contributed by atoms with Crippen LogP contribution in [0.15, 0.2) is 18.2 Å². The summed E-state index contributed by atoms with van der Waals surface area (Å²) in [5.74, 6) is 2.08. The maximum absolute atomic E-state index is 12.1. The number of ether oxygens (including phenoxy) is 3. The summed E-state index contributed by atoms with van der Waals surface area (Å²) in [7, 11) is 3.27. The first-order valence-electron chi connectivity index (χ1n) is 9.02. The standard InChI is InChI=1S/C20H26N2O4/c1-5-26-20(23)14-7-6-8-22(12-14)18-9-13(2)16-10-15(24-3)11-17(25-4)19(16)21-18/h9-11,14H,5-8,12H2,1-4H3. The van der Waals surface area contributed by atoms with Gasteiger partial charge < -0.3 is 19.1 Å². The molecule has 6 nitrogen and oxygen atoms in total. The number of benzene rings is 1. The summed E-state index contributed by atoms with van der Waals surface area (Å²) in [5.41, 5.74) is 1.90. The molecule has 140 valence electrons. The van der Waals surface area contributed by atoms with E-state index >= 15 is 0 Å². The molecule has 0 saturated carbocycles. The highest BCUT2D eigenvalue weighted by molar-refractivity contribution is 5.90. The van der Waals surface area contributed by atoms with Gasteiger partial charge in [-0.2, -0.15) is 0 Å². The van der Waals surface area contributed by atoms with Gasteiger partial charge in [-0.3, -0.25) is 4.79 Å². The summed E-state index contributed by atoms with van der Waals surface area (Å²) in [4.78, 5) is 19.1. The van der Waals surface area contributed by atoms with Crippen LogP contribution >= 0.6 is 0 Å². The molecule has 1 aromatic carbocycles. The number of hydrogen-bond acceptors (Lipinski definition) is 6. The zero-order valence-electron chi connectivity index (χ0n) is 15.9. The Bertz CT molecular complexity index is 806. The van der Waals surface area contributed by atoms with E-state index in [1.54, 1.807) is 14.2 Å². The summed E-state index contributed by atoms with van der Waals surface area (Å²) in [5, 5.41) is 1.00. The fraction of sp³-hybridized carbons (Fsp3) is 0.500. The van der Waals surface area contributed by atoms with Crippen LogP contribution in [0.25, 0.3) is 10.9 Å². The van der Waals surface area contributed by atoms with Crippen LogP contribution < -0.4 is 14.4 Å². The van der Waals surface area contributed by atoms with Crippen LogP contribution in [0.2, 0.25) is 0 Å². The van der Waals surface area contributed by atoms with E-state index < -0.39 is 0 Å². The van der Waals surface area contributed by atoms with Gasteiger partial charge in [0, 0.05) is 24.5 Å². The number of fused-ring (bicyclic) bond motifs is 1. The maximum atomic E-state index is 12.1. The molecular formula is C20H26N2O4. The van der Waals surface area contributed by atoms with Crippen LogP contribution in [0.1, 0.15) is 25.3 Å². The number of carbonyl (C=O) groups excluding carboxylic acids is 1. The van der Waals surface area contributed by atoms with Gasteiger partial charge in [0.25, 0.3) is 0 Å². The van der Waals surface area contributed by atoms with Crippen molar-refractivity contribution in [1.29, 1.82) is 0 Å². The van der Waals surface area contributed by atoms with Crippen molar-refractivity contribution in [2.24, 2.45) is 5.92 Å². The first-order chi connectivity index (χ1) is 12.6. The number of methoxy groups -OCH3 is 2. The van der Waals surface area contributed by atoms with Crippen LogP contribution in [-0.2, 0) is 9.53 Å². The predicted octanol–water partition coefficient (Wildman–Crippen LogP) is 3.34. The molecule has 0 bridgehead atoms. The van der Waals surface area contributed by atoms with Gasteiger partial charge >= 0.3 is 5.97 Å². The largest absolute Gasteiger partial charge is 0.497 e. The molecule has 0 spiro atoms. The third kappa shape index (κ3) is 3.54. The monoisotopic (exact) mass is 358 g/mol. The fourth-order valence-electron chi connectivity index (χ4n) is 3.49. The quantitative estimate of drug-likeness (QED) is 0.764. The Kier molecular flexibility index (Phi) is 5.49. The normalized spacial score (nSPS) is 17.2. The van der Waals surface area contributed by atoms with Crippen molar-refractivity contribution < 1.29 is 19.0 Å². The molecular weight excluding hydrogens is 332 g/mol. The molecule has 0 N–H and O–H groups in total. The fourth-order valence-corrected chi connectivity index (χ4v) is 3.49. The molecule has 1 saturated heterocycles. The van der Waals surface area contributed by atoms with Crippen LogP contribution in [0.4, 0.5) is 5.82 Å². The molecule has 2 heterocycles. The third-order valence-electron chi connectivity index (χ3n) is 4.87. The molecule has 1 unspecified atom stereocenters. The average Bonchev–Trinajstić information content (AvgIpc) is 2.67. The molecule has 1 aromatic heterocycles. The second-order valence-electron chi connectivity index (χ2n) is 6.56. The second-order valence-corrected chi connectivity index (χ2v) is 6.56. The molecule has 1 aliphatic rings. The van der Waals surface area contributed by atoms with Gasteiger partial charge in [-0.25, -0.2) is 4.98 Å². The van der Waals surface area contributed by atoms with Crippen molar-refractivity contribution in [3.63, 3.8) is 0 Å². The van der Waals surface area contributed by atoms with E-state index in [0.717, 1.165) is 47.4 Å². The zero-order valence-corrected chi connectivity index (χ0v) is 15.9. The lowest BCUT2D eigenvalue weighted by Gasteiger charge is -2.32. The Labute approximate surface area is 154 Å². The molecule has 0 amide bonds. The lowest BCUT2D eigenvalue weighted by molar-refractivity contribution is -0.148. The van der Waals surface area contributed by atoms with Crippen LogP contribution in [0.3, 0.4) is 0 Å². The van der Waals surface area contributed by atoms with Crippen LogP contribution in [0.5, 0.6) is 11.5 Å². The highest BCUT2D eigenvalue weighted by atomic mass is 16.5. The second kappa shape index (κ2) is 7.81. The molecule has 0 aliphatic carbocycles. The SMILES string of the molecule is CCOC(=O)C1CCCN(c2cc(C)c3cc(OC)cc(OC)c3n2)C1. The number of hydrogen-bond donors (Lipinski definition) is 0. The van der Waals surface area contributed by atoms with E-state index in [4.69, 9.17) is 19.2 Å². The number of carbonyl (C=O) groups is 1. The Morgan fingerprint density at radius 2 is 2.08 bits per heavy atom. The number of piperidine rings is 1. The highest BCUT2D eigenvalue weighted by Gasteiger charge is 2.28. The summed E-state index contributed by atoms with van der Waals surface area (Å²) in [6, 6.07) is 5.88. The Morgan fingerprint density at radius 1 is 1.27 bits per heavy atom. The molecule has 1 atom stereocenters. The van der Waals surface area contributed by atoms with E-state index in [0.29, 0.717) is 18.9 Å². The highest BCUT2D eigenvalue weighted by Crippen LogP contribution is 2.34. The van der Waals surface area contributed by atoms with Crippen LogP contribution in [-0.4, -0.2) is 44.9 Å². The van der Waals surface area contributed by atoms with Crippen molar-refractivity contribution in [2.45, 2.75) is 26.7 Å². The predicted molar refractivity (Wildman–Crippen MR) is 101 cm³/mol. The number of aromatic nitrogens is 1. The number of nitrogens with zero attached hydrogens (tertiary/aromatic N) is 2. The number of anilines is 1. The number of aryl methyl sites for hydroxylation is 1. The van der Waals surface area contributed by atoms with E-state index in [1.807, 2.05) is 19.1 Å². The minimum absolute atomic E-state index is 0.0979. The van der Waals surface area contributed by atoms with E-state index in [-0.39, 0.29) is 11.9 Å². The zero-order chi connectivity index (χ0) is 18.7. The number of esters is 1. The molecule has 1 fully saturated rings. The minimum Gasteiger partial charge on any atom is -0.497 e. The van der Waals surface area contributed by atoms with Crippen molar-refractivity contribution >= 4 is 22.7 Å². The molecule has 26 heavy (non-hydrogen) atoms. The Balaban J connectivity index is 1.96. The van der Waals surface area contributed by atoms with Crippen LogP contribution in [0, 0.1) is 12.8 Å². The molecule has 2 aromatic rings. The summed E-state index contributed by atoms with van der Waals surface area (Å²) < 4.78 is 16.1. The van der Waals surface area contributed by atoms with Gasteiger partial charge in [0.05, 0.1) is 26.7 Å². The van der Waals surface area contributed by atoms with E-state index in [9.17, 15) is 4.79 Å². The van der Waals surface area contributed by atoms with Crippen molar-refractivity contribution in [3.8, 4) is 11.5 Å². The Morgan fingerprint density at radius 3 is 2.77 bits per heavy atom. The van der Waals surface area contributed by atoms with Gasteiger partial charge in [0.2, 0.25) is 0 Å².